The van der Waals surface area contributed by atoms with Gasteiger partial charge in [-0.2, -0.15) is 0 Å². The van der Waals surface area contributed by atoms with Crippen molar-refractivity contribution in [2.75, 3.05) is 0 Å². The first kappa shape index (κ1) is 8.09. The van der Waals surface area contributed by atoms with E-state index in [-0.39, 0.29) is 18.0 Å². The van der Waals surface area contributed by atoms with Crippen LogP contribution >= 0.6 is 0 Å². The molecule has 2 fully saturated rings. The van der Waals surface area contributed by atoms with Crippen molar-refractivity contribution in [3.63, 3.8) is 0 Å². The van der Waals surface area contributed by atoms with Gasteiger partial charge in [0.05, 0.1) is 5.92 Å². The summed E-state index contributed by atoms with van der Waals surface area (Å²) < 4.78 is 5.32. The van der Waals surface area contributed by atoms with Crippen LogP contribution in [0, 0.1) is 17.8 Å². The number of hydrogen-bond acceptors (Lipinski definition) is 2. The number of rotatable bonds is 1. The maximum Gasteiger partial charge on any atom is 0.309 e. The molecule has 0 aromatic heterocycles. The second-order valence-corrected chi connectivity index (χ2v) is 4.34. The van der Waals surface area contributed by atoms with Gasteiger partial charge < -0.3 is 4.74 Å². The third-order valence-electron chi connectivity index (χ3n) is 3.22. The monoisotopic (exact) mass is 168 g/mol. The van der Waals surface area contributed by atoms with Crippen LogP contribution in [0.1, 0.15) is 33.1 Å². The Morgan fingerprint density at radius 3 is 2.83 bits per heavy atom. The van der Waals surface area contributed by atoms with Gasteiger partial charge in [0.1, 0.15) is 6.10 Å². The van der Waals surface area contributed by atoms with E-state index in [1.165, 1.54) is 12.8 Å². The quantitative estimate of drug-likeness (QED) is 0.560. The number of carbonyl (C=O) groups excluding carboxylic acids is 1. The Kier molecular flexibility index (Phi) is 1.85. The molecule has 1 heterocycles. The van der Waals surface area contributed by atoms with Crippen molar-refractivity contribution in [2.24, 2.45) is 17.8 Å². The van der Waals surface area contributed by atoms with E-state index < -0.39 is 0 Å². The normalized spacial score (nSPS) is 40.2. The Morgan fingerprint density at radius 2 is 2.17 bits per heavy atom. The fourth-order valence-electron chi connectivity index (χ4n) is 2.68. The van der Waals surface area contributed by atoms with Gasteiger partial charge in [-0.15, -0.1) is 0 Å². The van der Waals surface area contributed by atoms with Crippen LogP contribution in [0.3, 0.4) is 0 Å². The Bertz CT molecular complexity index is 198. The van der Waals surface area contributed by atoms with Gasteiger partial charge >= 0.3 is 5.97 Å². The second-order valence-electron chi connectivity index (χ2n) is 4.34. The highest BCUT2D eigenvalue weighted by Gasteiger charge is 2.47. The summed E-state index contributed by atoms with van der Waals surface area (Å²) in [6, 6.07) is 0. The molecule has 0 aromatic rings. The SMILES string of the molecule is CC(C)C1C(=O)OC2CCCC21. The Hall–Kier alpha value is -0.530. The van der Waals surface area contributed by atoms with Crippen molar-refractivity contribution in [2.45, 2.75) is 39.2 Å². The molecule has 0 amide bonds. The van der Waals surface area contributed by atoms with Crippen molar-refractivity contribution < 1.29 is 9.53 Å². The molecular weight excluding hydrogens is 152 g/mol. The van der Waals surface area contributed by atoms with Gasteiger partial charge in [-0.25, -0.2) is 0 Å². The van der Waals surface area contributed by atoms with E-state index >= 15 is 0 Å². The average Bonchev–Trinajstić information content (AvgIpc) is 2.44. The molecule has 12 heavy (non-hydrogen) atoms. The molecule has 3 unspecified atom stereocenters. The van der Waals surface area contributed by atoms with Crippen LogP contribution in [-0.4, -0.2) is 12.1 Å². The Balaban J connectivity index is 2.16. The van der Waals surface area contributed by atoms with Crippen LogP contribution in [0.25, 0.3) is 0 Å². The predicted octanol–water partition coefficient (Wildman–Crippen LogP) is 1.98. The Morgan fingerprint density at radius 1 is 1.42 bits per heavy atom. The lowest BCUT2D eigenvalue weighted by Gasteiger charge is -2.16. The van der Waals surface area contributed by atoms with E-state index in [1.807, 2.05) is 0 Å². The summed E-state index contributed by atoms with van der Waals surface area (Å²) >= 11 is 0. The minimum absolute atomic E-state index is 0.0553. The fourth-order valence-corrected chi connectivity index (χ4v) is 2.68. The topological polar surface area (TPSA) is 26.3 Å². The number of fused-ring (bicyclic) bond motifs is 1. The largest absolute Gasteiger partial charge is 0.462 e. The smallest absolute Gasteiger partial charge is 0.309 e. The summed E-state index contributed by atoms with van der Waals surface area (Å²) in [6.45, 7) is 4.24. The molecule has 68 valence electrons. The van der Waals surface area contributed by atoms with E-state index in [0.29, 0.717) is 11.8 Å². The zero-order chi connectivity index (χ0) is 8.72. The summed E-state index contributed by atoms with van der Waals surface area (Å²) in [5, 5.41) is 0. The van der Waals surface area contributed by atoms with Crippen molar-refractivity contribution in [3.05, 3.63) is 0 Å². The molecule has 0 N–H and O–H groups in total. The van der Waals surface area contributed by atoms with Crippen molar-refractivity contribution in [1.29, 1.82) is 0 Å². The third kappa shape index (κ3) is 1.05. The molecule has 2 nitrogen and oxygen atoms in total. The first-order valence-electron chi connectivity index (χ1n) is 4.90. The highest BCUT2D eigenvalue weighted by molar-refractivity contribution is 5.75. The summed E-state index contributed by atoms with van der Waals surface area (Å²) in [5.41, 5.74) is 0. The van der Waals surface area contributed by atoms with Crippen LogP contribution in [0.4, 0.5) is 0 Å². The zero-order valence-corrected chi connectivity index (χ0v) is 7.75. The molecule has 2 rings (SSSR count). The first-order chi connectivity index (χ1) is 5.70. The fraction of sp³-hybridized carbons (Fsp3) is 0.900. The van der Waals surface area contributed by atoms with Crippen molar-refractivity contribution in [1.82, 2.24) is 0 Å². The molecule has 0 radical (unpaired) electrons. The number of ether oxygens (including phenoxy) is 1. The van der Waals surface area contributed by atoms with Gasteiger partial charge in [0.25, 0.3) is 0 Å². The lowest BCUT2D eigenvalue weighted by molar-refractivity contribution is -0.145. The Labute approximate surface area is 73.3 Å². The highest BCUT2D eigenvalue weighted by Crippen LogP contribution is 2.43. The molecule has 0 aromatic carbocycles. The highest BCUT2D eigenvalue weighted by atomic mass is 16.6. The lowest BCUT2D eigenvalue weighted by atomic mass is 9.83. The van der Waals surface area contributed by atoms with Crippen LogP contribution in [0.2, 0.25) is 0 Å². The standard InChI is InChI=1S/C10H16O2/c1-6(2)9-7-4-3-5-8(7)12-10(9)11/h6-9H,3-5H2,1-2H3. The molecule has 3 atom stereocenters. The summed E-state index contributed by atoms with van der Waals surface area (Å²) in [5.74, 6) is 1.24. The molecule has 2 heteroatoms. The minimum atomic E-state index is 0.0553. The van der Waals surface area contributed by atoms with Gasteiger partial charge in [-0.3, -0.25) is 4.79 Å². The molecule has 1 aliphatic heterocycles. The maximum absolute atomic E-state index is 11.4. The van der Waals surface area contributed by atoms with Gasteiger partial charge in [-0.05, 0) is 25.2 Å². The average molecular weight is 168 g/mol. The van der Waals surface area contributed by atoms with Crippen LogP contribution in [-0.2, 0) is 9.53 Å². The molecule has 0 spiro atoms. The van der Waals surface area contributed by atoms with Crippen molar-refractivity contribution in [3.8, 4) is 0 Å². The van der Waals surface area contributed by atoms with Gasteiger partial charge in [0.15, 0.2) is 0 Å². The molecule has 0 bridgehead atoms. The third-order valence-corrected chi connectivity index (χ3v) is 3.22. The number of esters is 1. The maximum atomic E-state index is 11.4. The van der Waals surface area contributed by atoms with E-state index in [9.17, 15) is 4.79 Å². The van der Waals surface area contributed by atoms with Crippen molar-refractivity contribution >= 4 is 5.97 Å². The van der Waals surface area contributed by atoms with E-state index in [0.717, 1.165) is 6.42 Å². The second kappa shape index (κ2) is 2.75. The molecule has 2 aliphatic rings. The molecule has 1 saturated heterocycles. The van der Waals surface area contributed by atoms with E-state index in [2.05, 4.69) is 13.8 Å². The predicted molar refractivity (Wildman–Crippen MR) is 45.5 cm³/mol. The number of carbonyl (C=O) groups is 1. The summed E-state index contributed by atoms with van der Waals surface area (Å²) in [4.78, 5) is 11.4. The van der Waals surface area contributed by atoms with Crippen LogP contribution in [0.15, 0.2) is 0 Å². The molecule has 1 aliphatic carbocycles. The van der Waals surface area contributed by atoms with E-state index in [1.54, 1.807) is 0 Å². The minimum Gasteiger partial charge on any atom is -0.462 e. The molecular formula is C10H16O2. The zero-order valence-electron chi connectivity index (χ0n) is 7.75. The van der Waals surface area contributed by atoms with E-state index in [4.69, 9.17) is 4.74 Å². The summed E-state index contributed by atoms with van der Waals surface area (Å²) in [6.07, 6.45) is 3.80. The van der Waals surface area contributed by atoms with Gasteiger partial charge in [-0.1, -0.05) is 13.8 Å². The summed E-state index contributed by atoms with van der Waals surface area (Å²) in [7, 11) is 0. The number of hydrogen-bond donors (Lipinski definition) is 0. The molecule has 1 saturated carbocycles. The lowest BCUT2D eigenvalue weighted by Crippen LogP contribution is -2.21. The first-order valence-corrected chi connectivity index (χ1v) is 4.90. The van der Waals surface area contributed by atoms with Gasteiger partial charge in [0.2, 0.25) is 0 Å². The van der Waals surface area contributed by atoms with Crippen LogP contribution < -0.4 is 0 Å². The van der Waals surface area contributed by atoms with Crippen LogP contribution in [0.5, 0.6) is 0 Å². The van der Waals surface area contributed by atoms with Gasteiger partial charge in [0, 0.05) is 5.92 Å².